The van der Waals surface area contributed by atoms with E-state index in [0.717, 1.165) is 0 Å². The highest BCUT2D eigenvalue weighted by Crippen LogP contribution is 2.39. The summed E-state index contributed by atoms with van der Waals surface area (Å²) >= 11 is 5.94. The summed E-state index contributed by atoms with van der Waals surface area (Å²) in [5.41, 5.74) is -1.45. The van der Waals surface area contributed by atoms with Crippen molar-refractivity contribution in [2.75, 3.05) is 23.9 Å². The number of carbonyl (C=O) groups excluding carboxylic acids is 1. The van der Waals surface area contributed by atoms with Crippen molar-refractivity contribution in [1.29, 1.82) is 0 Å². The molecule has 4 aromatic rings. The molecule has 0 unspecified atom stereocenters. The van der Waals surface area contributed by atoms with E-state index in [1.807, 2.05) is 0 Å². The van der Waals surface area contributed by atoms with Gasteiger partial charge in [0.1, 0.15) is 22.8 Å². The van der Waals surface area contributed by atoms with E-state index in [4.69, 9.17) is 16.3 Å². The predicted octanol–water partition coefficient (Wildman–Crippen LogP) is 6.47. The largest absolute Gasteiger partial charge is 0.467 e. The zero-order chi connectivity index (χ0) is 34.6. The molecule has 1 fully saturated rings. The van der Waals surface area contributed by atoms with Crippen molar-refractivity contribution in [3.05, 3.63) is 53.7 Å². The quantitative estimate of drug-likeness (QED) is 0.178. The number of carbonyl (C=O) groups is 1. The minimum absolute atomic E-state index is 0.118. The normalized spacial score (nSPS) is 16.6. The van der Waals surface area contributed by atoms with Gasteiger partial charge in [0.2, 0.25) is 5.95 Å². The van der Waals surface area contributed by atoms with Crippen molar-refractivity contribution in [3.63, 3.8) is 0 Å². The molecule has 1 aliphatic carbocycles. The van der Waals surface area contributed by atoms with Crippen LogP contribution in [0.15, 0.2) is 43.1 Å². The van der Waals surface area contributed by atoms with Crippen LogP contribution in [0.3, 0.4) is 0 Å². The number of amides is 2. The fourth-order valence-electron chi connectivity index (χ4n) is 5.11. The molecule has 0 saturated heterocycles. The number of hydrogen-bond acceptors (Lipinski definition) is 9. The molecule has 0 radical (unpaired) electrons. The molecular weight excluding hydrogens is 677 g/mol. The molecule has 4 aromatic heterocycles. The third-order valence-corrected chi connectivity index (χ3v) is 7.64. The number of halogens is 8. The number of ether oxygens (including phenoxy) is 1. The topological polar surface area (TPSA) is 136 Å². The van der Waals surface area contributed by atoms with Crippen LogP contribution in [-0.4, -0.2) is 72.9 Å². The fourth-order valence-corrected chi connectivity index (χ4v) is 5.33. The van der Waals surface area contributed by atoms with Gasteiger partial charge in [0, 0.05) is 48.0 Å². The average molecular weight is 703 g/mol. The summed E-state index contributed by atoms with van der Waals surface area (Å²) in [5.74, 6) is -0.0254. The molecule has 256 valence electrons. The van der Waals surface area contributed by atoms with E-state index < -0.39 is 59.7 Å². The number of rotatable bonds is 10. The maximum Gasteiger partial charge on any atom is 0.420 e. The molecule has 0 bridgehead atoms. The van der Waals surface area contributed by atoms with E-state index >= 15 is 0 Å². The van der Waals surface area contributed by atoms with E-state index in [2.05, 4.69) is 40.7 Å². The fraction of sp³-hybridized carbons (Fsp3) is 0.393. The van der Waals surface area contributed by atoms with Crippen LogP contribution < -0.4 is 20.3 Å². The lowest BCUT2D eigenvalue weighted by molar-refractivity contribution is -0.137. The number of pyridine rings is 1. The number of hydrogen-bond donors (Lipinski definition) is 2. The summed E-state index contributed by atoms with van der Waals surface area (Å²) in [4.78, 5) is 34.6. The van der Waals surface area contributed by atoms with Gasteiger partial charge in [0.05, 0.1) is 24.9 Å². The zero-order valence-electron chi connectivity index (χ0n) is 24.8. The Kier molecular flexibility index (Phi) is 10.4. The minimum atomic E-state index is -4.94. The van der Waals surface area contributed by atoms with E-state index in [0.29, 0.717) is 49.2 Å². The number of alkyl halides is 7. The number of aromatic nitrogens is 7. The molecule has 20 heteroatoms. The van der Waals surface area contributed by atoms with Gasteiger partial charge < -0.3 is 15.4 Å². The molecule has 4 heterocycles. The van der Waals surface area contributed by atoms with Crippen molar-refractivity contribution in [3.8, 4) is 28.5 Å². The monoisotopic (exact) mass is 702 g/mol. The van der Waals surface area contributed by atoms with Crippen LogP contribution >= 0.6 is 11.6 Å². The van der Waals surface area contributed by atoms with Gasteiger partial charge in [-0.2, -0.15) is 27.1 Å². The van der Waals surface area contributed by atoms with Gasteiger partial charge in [-0.25, -0.2) is 43.2 Å². The van der Waals surface area contributed by atoms with Gasteiger partial charge in [-0.1, -0.05) is 11.6 Å². The van der Waals surface area contributed by atoms with Crippen LogP contribution in [0, 0.1) is 0 Å². The Morgan fingerprint density at radius 2 is 1.69 bits per heavy atom. The third-order valence-electron chi connectivity index (χ3n) is 7.37. The van der Waals surface area contributed by atoms with E-state index in [1.165, 1.54) is 30.6 Å². The van der Waals surface area contributed by atoms with Crippen LogP contribution in [0.5, 0.6) is 6.01 Å². The number of nitrogens with zero attached hydrogens (tertiary/aromatic N) is 8. The lowest BCUT2D eigenvalue weighted by Gasteiger charge is -2.36. The Morgan fingerprint density at radius 3 is 2.25 bits per heavy atom. The molecule has 0 aromatic carbocycles. The van der Waals surface area contributed by atoms with E-state index in [-0.39, 0.29) is 28.5 Å². The molecule has 0 spiro atoms. The van der Waals surface area contributed by atoms with Gasteiger partial charge in [0.25, 0.3) is 6.43 Å². The molecule has 1 aliphatic rings. The first-order valence-electron chi connectivity index (χ1n) is 14.3. The lowest BCUT2D eigenvalue weighted by Crippen LogP contribution is -2.50. The summed E-state index contributed by atoms with van der Waals surface area (Å²) < 4.78 is 98.5. The molecule has 5 rings (SSSR count). The smallest absolute Gasteiger partial charge is 0.420 e. The van der Waals surface area contributed by atoms with Gasteiger partial charge in [0.15, 0.2) is 0 Å². The van der Waals surface area contributed by atoms with Gasteiger partial charge in [-0.05, 0) is 37.8 Å². The lowest BCUT2D eigenvalue weighted by atomic mass is 9.90. The molecule has 0 aliphatic heterocycles. The van der Waals surface area contributed by atoms with Crippen LogP contribution in [0.1, 0.15) is 37.8 Å². The Bertz CT molecular complexity index is 1700. The minimum Gasteiger partial charge on any atom is -0.467 e. The van der Waals surface area contributed by atoms with Crippen molar-refractivity contribution < 1.29 is 40.3 Å². The van der Waals surface area contributed by atoms with Crippen LogP contribution in [0.4, 0.5) is 47.3 Å². The molecule has 48 heavy (non-hydrogen) atoms. The van der Waals surface area contributed by atoms with Crippen LogP contribution in [-0.2, 0) is 6.18 Å². The number of urea groups is 1. The Morgan fingerprint density at radius 1 is 1.00 bits per heavy atom. The Hall–Kier alpha value is -4.81. The van der Waals surface area contributed by atoms with Crippen molar-refractivity contribution in [2.24, 2.45) is 0 Å². The summed E-state index contributed by atoms with van der Waals surface area (Å²) in [6.07, 6.45) is -0.570. The first kappa shape index (κ1) is 34.5. The molecule has 2 amide bonds. The van der Waals surface area contributed by atoms with Crippen LogP contribution in [0.25, 0.3) is 22.5 Å². The SMILES string of the molecule is COc1ncc(-c2ccc(N(C(=O)NCC(F)F)[C@H]3CC[C@H](Nc4ncc(C(F)(F)F)c(-c5nn(C(F)F)cc5Cl)n4)CC3)nc2)cn1. The first-order chi connectivity index (χ1) is 22.8. The molecule has 2 N–H and O–H groups in total. The summed E-state index contributed by atoms with van der Waals surface area (Å²) in [6.45, 7) is -4.02. The van der Waals surface area contributed by atoms with Crippen LogP contribution in [0.2, 0.25) is 5.02 Å². The maximum absolute atomic E-state index is 13.8. The highest BCUT2D eigenvalue weighted by Gasteiger charge is 2.38. The summed E-state index contributed by atoms with van der Waals surface area (Å²) in [5, 5.41) is 8.18. The second kappa shape index (κ2) is 14.5. The maximum atomic E-state index is 13.8. The molecule has 0 atom stereocenters. The van der Waals surface area contributed by atoms with E-state index in [1.54, 1.807) is 12.1 Å². The predicted molar refractivity (Wildman–Crippen MR) is 158 cm³/mol. The van der Waals surface area contributed by atoms with Crippen molar-refractivity contribution >= 4 is 29.4 Å². The average Bonchev–Trinajstić information content (AvgIpc) is 3.46. The first-order valence-corrected chi connectivity index (χ1v) is 14.6. The molecule has 1 saturated carbocycles. The second-order valence-corrected chi connectivity index (χ2v) is 10.9. The molecular formula is C28H26ClF7N10O2. The number of nitrogens with one attached hydrogen (secondary N) is 2. The van der Waals surface area contributed by atoms with Crippen molar-refractivity contribution in [2.45, 2.75) is 56.9 Å². The highest BCUT2D eigenvalue weighted by atomic mass is 35.5. The standard InChI is InChI=1S/C28H26ClF7N10O2/c1-48-26-39-9-15(10-40-26)14-2-7-21(37-8-14)46(27(47)41-12-20(30)31)17-5-3-16(4-6-17)42-25-38-11-18(28(34,35)36)22(43-25)23-19(29)13-45(44-23)24(32)33/h2,7-11,13,16-17,20,24H,3-6,12H2,1H3,(H,41,47)(H,38,42,43)/t16-,17-. The molecule has 12 nitrogen and oxygen atoms in total. The highest BCUT2D eigenvalue weighted by molar-refractivity contribution is 6.33. The second-order valence-electron chi connectivity index (χ2n) is 10.5. The van der Waals surface area contributed by atoms with Gasteiger partial charge in [-0.15, -0.1) is 0 Å². The summed E-state index contributed by atoms with van der Waals surface area (Å²) in [7, 11) is 1.43. The Labute approximate surface area is 272 Å². The number of methoxy groups -OCH3 is 1. The summed E-state index contributed by atoms with van der Waals surface area (Å²) in [6, 6.07) is 1.76. The van der Waals surface area contributed by atoms with Crippen molar-refractivity contribution in [1.82, 2.24) is 40.0 Å². The van der Waals surface area contributed by atoms with Gasteiger partial charge >= 0.3 is 24.8 Å². The van der Waals surface area contributed by atoms with Gasteiger partial charge in [-0.3, -0.25) is 4.90 Å². The Balaban J connectivity index is 1.32. The number of anilines is 2. The van der Waals surface area contributed by atoms with E-state index in [9.17, 15) is 35.5 Å². The zero-order valence-corrected chi connectivity index (χ0v) is 25.6. The third kappa shape index (κ3) is 8.00.